The van der Waals surface area contributed by atoms with Crippen LogP contribution in [-0.2, 0) is 6.42 Å². The first-order valence-electron chi connectivity index (χ1n) is 7.94. The lowest BCUT2D eigenvalue weighted by atomic mass is 9.66. The van der Waals surface area contributed by atoms with Gasteiger partial charge in [0.15, 0.2) is 0 Å². The van der Waals surface area contributed by atoms with Crippen LogP contribution >= 0.6 is 0 Å². The van der Waals surface area contributed by atoms with E-state index in [0.717, 1.165) is 25.1 Å². The van der Waals surface area contributed by atoms with E-state index in [1.807, 2.05) is 6.20 Å². The summed E-state index contributed by atoms with van der Waals surface area (Å²) in [5, 5.41) is 9.49. The molecule has 1 heterocycles. The molecule has 0 spiro atoms. The van der Waals surface area contributed by atoms with Crippen LogP contribution in [0.4, 0.5) is 0 Å². The molecule has 0 aliphatic heterocycles. The molecule has 0 bridgehead atoms. The second-order valence-corrected chi connectivity index (χ2v) is 6.76. The molecule has 1 aromatic rings. The van der Waals surface area contributed by atoms with Gasteiger partial charge in [0.1, 0.15) is 5.82 Å². The lowest BCUT2D eigenvalue weighted by molar-refractivity contribution is 0.103. The fourth-order valence-electron chi connectivity index (χ4n) is 3.52. The number of nitrogens with zero attached hydrogens (tertiary/aromatic N) is 3. The highest BCUT2D eigenvalue weighted by Gasteiger charge is 2.38. The lowest BCUT2D eigenvalue weighted by Gasteiger charge is -2.42. The minimum atomic E-state index is 0.137. The van der Waals surface area contributed by atoms with Crippen LogP contribution in [0.1, 0.15) is 65.2 Å². The van der Waals surface area contributed by atoms with Crippen LogP contribution < -0.4 is 0 Å². The average Bonchev–Trinajstić information content (AvgIpc) is 2.94. The molecule has 1 aromatic heterocycles. The van der Waals surface area contributed by atoms with E-state index < -0.39 is 0 Å². The molecule has 20 heavy (non-hydrogen) atoms. The summed E-state index contributed by atoms with van der Waals surface area (Å²) in [6.45, 7) is 9.16. The van der Waals surface area contributed by atoms with E-state index in [2.05, 4.69) is 49.5 Å². The van der Waals surface area contributed by atoms with Gasteiger partial charge in [0.05, 0.1) is 18.0 Å². The van der Waals surface area contributed by atoms with Crippen molar-refractivity contribution in [2.45, 2.75) is 65.8 Å². The second-order valence-electron chi connectivity index (χ2n) is 6.76. The fraction of sp³-hybridized carbons (Fsp3) is 0.765. The van der Waals surface area contributed by atoms with E-state index in [-0.39, 0.29) is 5.92 Å². The molecule has 1 aliphatic rings. The van der Waals surface area contributed by atoms with Gasteiger partial charge in [-0.15, -0.1) is 0 Å². The predicted octanol–water partition coefficient (Wildman–Crippen LogP) is 4.36. The summed E-state index contributed by atoms with van der Waals surface area (Å²) in [6.07, 6.45) is 9.40. The molecule has 110 valence electrons. The Balaban J connectivity index is 2.26. The summed E-state index contributed by atoms with van der Waals surface area (Å²) < 4.78 is 2.27. The number of nitriles is 1. The Bertz CT molecular complexity index is 481. The van der Waals surface area contributed by atoms with Crippen molar-refractivity contribution in [1.29, 1.82) is 5.26 Å². The normalized spacial score (nSPS) is 27.2. The van der Waals surface area contributed by atoms with Gasteiger partial charge < -0.3 is 4.57 Å². The van der Waals surface area contributed by atoms with Gasteiger partial charge in [0, 0.05) is 18.8 Å². The van der Waals surface area contributed by atoms with Crippen LogP contribution in [0.15, 0.2) is 12.4 Å². The molecule has 0 aromatic carbocycles. The van der Waals surface area contributed by atoms with E-state index in [1.165, 1.54) is 12.8 Å². The summed E-state index contributed by atoms with van der Waals surface area (Å²) in [5.74, 6) is 1.96. The quantitative estimate of drug-likeness (QED) is 0.817. The van der Waals surface area contributed by atoms with Gasteiger partial charge >= 0.3 is 0 Å². The average molecular weight is 273 g/mol. The molecule has 3 heteroatoms. The molecule has 2 rings (SSSR count). The predicted molar refractivity (Wildman–Crippen MR) is 81.2 cm³/mol. The molecule has 1 fully saturated rings. The van der Waals surface area contributed by atoms with Crippen LogP contribution in [0.3, 0.4) is 0 Å². The molecule has 1 aliphatic carbocycles. The second kappa shape index (κ2) is 5.99. The van der Waals surface area contributed by atoms with E-state index in [1.54, 1.807) is 0 Å². The zero-order valence-electron chi connectivity index (χ0n) is 13.3. The van der Waals surface area contributed by atoms with Crippen molar-refractivity contribution in [3.05, 3.63) is 18.2 Å². The minimum absolute atomic E-state index is 0.137. The molecule has 0 radical (unpaired) electrons. The third kappa shape index (κ3) is 2.75. The fourth-order valence-corrected chi connectivity index (χ4v) is 3.52. The van der Waals surface area contributed by atoms with Crippen molar-refractivity contribution >= 4 is 0 Å². The van der Waals surface area contributed by atoms with Crippen LogP contribution in [0.25, 0.3) is 0 Å². The van der Waals surface area contributed by atoms with E-state index in [0.29, 0.717) is 17.4 Å². The maximum absolute atomic E-state index is 9.49. The molecule has 3 nitrogen and oxygen atoms in total. The van der Waals surface area contributed by atoms with Gasteiger partial charge in [-0.25, -0.2) is 4.98 Å². The third-order valence-corrected chi connectivity index (χ3v) is 5.42. The lowest BCUT2D eigenvalue weighted by Crippen LogP contribution is -2.34. The van der Waals surface area contributed by atoms with E-state index >= 15 is 0 Å². The first-order chi connectivity index (χ1) is 9.53. The third-order valence-electron chi connectivity index (χ3n) is 5.42. The summed E-state index contributed by atoms with van der Waals surface area (Å²) in [5.41, 5.74) is 0.367. The Morgan fingerprint density at radius 2 is 2.15 bits per heavy atom. The molecular weight excluding hydrogens is 246 g/mol. The summed E-state index contributed by atoms with van der Waals surface area (Å²) in [6, 6.07) is 2.84. The number of hydrogen-bond donors (Lipinski definition) is 0. The summed E-state index contributed by atoms with van der Waals surface area (Å²) >= 11 is 0. The van der Waals surface area contributed by atoms with Crippen molar-refractivity contribution in [3.8, 4) is 6.07 Å². The van der Waals surface area contributed by atoms with Crippen LogP contribution in [-0.4, -0.2) is 9.55 Å². The Hall–Kier alpha value is -1.30. The number of rotatable bonds is 4. The highest BCUT2D eigenvalue weighted by molar-refractivity contribution is 5.04. The van der Waals surface area contributed by atoms with Crippen molar-refractivity contribution in [2.24, 2.45) is 17.3 Å². The Kier molecular flexibility index (Phi) is 4.52. The highest BCUT2D eigenvalue weighted by Crippen LogP contribution is 2.46. The first kappa shape index (κ1) is 15.1. The summed E-state index contributed by atoms with van der Waals surface area (Å²) in [7, 11) is 0. The van der Waals surface area contributed by atoms with Gasteiger partial charge in [-0.05, 0) is 30.6 Å². The van der Waals surface area contributed by atoms with Crippen LogP contribution in [0.5, 0.6) is 0 Å². The number of hydrogen-bond acceptors (Lipinski definition) is 2. The topological polar surface area (TPSA) is 41.6 Å². The SMILES string of the molecule is CCc1nccn1C1CC(C(C)(C)CC)CCC1C#N. The highest BCUT2D eigenvalue weighted by atomic mass is 15.1. The Morgan fingerprint density at radius 3 is 2.75 bits per heavy atom. The molecule has 1 saturated carbocycles. The van der Waals surface area contributed by atoms with Crippen LogP contribution in [0, 0.1) is 28.6 Å². The van der Waals surface area contributed by atoms with Crippen LogP contribution in [0.2, 0.25) is 0 Å². The molecule has 3 atom stereocenters. The molecule has 0 saturated heterocycles. The smallest absolute Gasteiger partial charge is 0.108 e. The molecular formula is C17H27N3. The zero-order chi connectivity index (χ0) is 14.8. The van der Waals surface area contributed by atoms with Crippen molar-refractivity contribution in [1.82, 2.24) is 9.55 Å². The largest absolute Gasteiger partial charge is 0.331 e. The van der Waals surface area contributed by atoms with Gasteiger partial charge in [0.25, 0.3) is 0 Å². The van der Waals surface area contributed by atoms with Gasteiger partial charge in [0.2, 0.25) is 0 Å². The Morgan fingerprint density at radius 1 is 1.40 bits per heavy atom. The number of imidazole rings is 1. The van der Waals surface area contributed by atoms with Crippen molar-refractivity contribution < 1.29 is 0 Å². The molecule has 3 unspecified atom stereocenters. The zero-order valence-corrected chi connectivity index (χ0v) is 13.3. The Labute approximate surface area is 123 Å². The van der Waals surface area contributed by atoms with Gasteiger partial charge in [-0.3, -0.25) is 0 Å². The number of aryl methyl sites for hydroxylation is 1. The maximum atomic E-state index is 9.49. The van der Waals surface area contributed by atoms with Gasteiger partial charge in [-0.2, -0.15) is 5.26 Å². The van der Waals surface area contributed by atoms with Gasteiger partial charge in [-0.1, -0.05) is 34.1 Å². The summed E-state index contributed by atoms with van der Waals surface area (Å²) in [4.78, 5) is 4.44. The molecule has 0 N–H and O–H groups in total. The minimum Gasteiger partial charge on any atom is -0.331 e. The standard InChI is InChI=1S/C17H27N3/c1-5-16-19-9-10-20(16)15-11-14(17(3,4)6-2)8-7-13(15)12-18/h9-10,13-15H,5-8,11H2,1-4H3. The monoisotopic (exact) mass is 273 g/mol. The van der Waals surface area contributed by atoms with Crippen molar-refractivity contribution in [3.63, 3.8) is 0 Å². The van der Waals surface area contributed by atoms with E-state index in [4.69, 9.17) is 0 Å². The maximum Gasteiger partial charge on any atom is 0.108 e. The van der Waals surface area contributed by atoms with Crippen molar-refractivity contribution in [2.75, 3.05) is 0 Å². The van der Waals surface area contributed by atoms with E-state index in [9.17, 15) is 5.26 Å². The first-order valence-corrected chi connectivity index (χ1v) is 7.94. The molecule has 0 amide bonds. The number of aromatic nitrogens is 2.